The van der Waals surface area contributed by atoms with Crippen molar-refractivity contribution in [1.82, 2.24) is 10.2 Å². The van der Waals surface area contributed by atoms with Crippen molar-refractivity contribution < 1.29 is 18.7 Å². The van der Waals surface area contributed by atoms with E-state index in [4.69, 9.17) is 27.9 Å². The Morgan fingerprint density at radius 3 is 2.27 bits per heavy atom. The van der Waals surface area contributed by atoms with Crippen molar-refractivity contribution >= 4 is 35.0 Å². The van der Waals surface area contributed by atoms with E-state index >= 15 is 0 Å². The van der Waals surface area contributed by atoms with Crippen LogP contribution in [0.4, 0.5) is 4.39 Å². The first kappa shape index (κ1) is 24.0. The fourth-order valence-electron chi connectivity index (χ4n) is 2.69. The number of ether oxygens (including phenoxy) is 1. The van der Waals surface area contributed by atoms with E-state index in [1.807, 2.05) is 20.8 Å². The monoisotopic (exact) mass is 454 g/mol. The fraction of sp³-hybridized carbons (Fsp3) is 0.364. The second-order valence-electron chi connectivity index (χ2n) is 7.86. The Bertz CT molecular complexity index is 895. The molecule has 2 rings (SSSR count). The third-order valence-electron chi connectivity index (χ3n) is 4.24. The van der Waals surface area contributed by atoms with Gasteiger partial charge in [0.1, 0.15) is 6.04 Å². The largest absolute Gasteiger partial charge is 0.481 e. The molecule has 1 unspecified atom stereocenters. The molecule has 0 bridgehead atoms. The minimum atomic E-state index is -0.840. The lowest BCUT2D eigenvalue weighted by Crippen LogP contribution is -2.53. The van der Waals surface area contributed by atoms with Crippen molar-refractivity contribution in [3.8, 4) is 5.75 Å². The van der Waals surface area contributed by atoms with Gasteiger partial charge in [0, 0.05) is 27.7 Å². The molecule has 0 fully saturated rings. The van der Waals surface area contributed by atoms with E-state index in [-0.39, 0.29) is 18.2 Å². The molecule has 0 aromatic heterocycles. The van der Waals surface area contributed by atoms with E-state index in [1.54, 1.807) is 31.2 Å². The molecule has 2 amide bonds. The van der Waals surface area contributed by atoms with Gasteiger partial charge in [-0.15, -0.1) is 0 Å². The van der Waals surface area contributed by atoms with Crippen LogP contribution < -0.4 is 10.1 Å². The summed E-state index contributed by atoms with van der Waals surface area (Å²) in [6, 6.07) is 9.94. The average Bonchev–Trinajstić information content (AvgIpc) is 2.65. The smallest absolute Gasteiger partial charge is 0.261 e. The highest BCUT2D eigenvalue weighted by atomic mass is 35.5. The van der Waals surface area contributed by atoms with Gasteiger partial charge in [0.25, 0.3) is 5.91 Å². The van der Waals surface area contributed by atoms with E-state index in [0.717, 1.165) is 0 Å². The molecule has 0 saturated carbocycles. The molecule has 1 atom stereocenters. The molecule has 2 aromatic carbocycles. The van der Waals surface area contributed by atoms with Gasteiger partial charge in [0.2, 0.25) is 5.91 Å². The molecule has 5 nitrogen and oxygen atoms in total. The summed E-state index contributed by atoms with van der Waals surface area (Å²) in [7, 11) is 0. The first-order valence-electron chi connectivity index (χ1n) is 9.41. The van der Waals surface area contributed by atoms with Crippen molar-refractivity contribution in [2.24, 2.45) is 0 Å². The van der Waals surface area contributed by atoms with Crippen molar-refractivity contribution in [3.05, 3.63) is 63.9 Å². The zero-order valence-electron chi connectivity index (χ0n) is 17.3. The maximum Gasteiger partial charge on any atom is 0.261 e. The van der Waals surface area contributed by atoms with Crippen molar-refractivity contribution in [3.63, 3.8) is 0 Å². The number of nitrogens with zero attached hydrogens (tertiary/aromatic N) is 1. The van der Waals surface area contributed by atoms with E-state index < -0.39 is 29.9 Å². The summed E-state index contributed by atoms with van der Waals surface area (Å²) in [6.45, 7) is 6.68. The molecule has 0 saturated heterocycles. The minimum absolute atomic E-state index is 0.00327. The second-order valence-corrected chi connectivity index (χ2v) is 8.67. The van der Waals surface area contributed by atoms with Crippen LogP contribution in [-0.2, 0) is 16.1 Å². The number of hydrogen-bond donors (Lipinski definition) is 1. The Kier molecular flexibility index (Phi) is 8.10. The Hall–Kier alpha value is -2.31. The molecule has 162 valence electrons. The highest BCUT2D eigenvalue weighted by Crippen LogP contribution is 2.27. The Morgan fingerprint density at radius 2 is 1.70 bits per heavy atom. The van der Waals surface area contributed by atoms with Crippen LogP contribution in [0.25, 0.3) is 0 Å². The summed E-state index contributed by atoms with van der Waals surface area (Å²) >= 11 is 12.5. The summed E-state index contributed by atoms with van der Waals surface area (Å²) in [6.07, 6.45) is 0. The van der Waals surface area contributed by atoms with Gasteiger partial charge in [0.05, 0.1) is 0 Å². The van der Waals surface area contributed by atoms with E-state index in [2.05, 4.69) is 5.32 Å². The standard InChI is InChI=1S/C22H25Cl2FN2O3/c1-14(21(29)26-22(2,3)4)27(12-15-16(23)8-7-9-17(15)24)20(28)13-30-19-11-6-5-10-18(19)25/h5-11,14H,12-13H2,1-4H3,(H,26,29). The van der Waals surface area contributed by atoms with Crippen molar-refractivity contribution in [2.75, 3.05) is 6.61 Å². The molecule has 0 radical (unpaired) electrons. The maximum atomic E-state index is 13.8. The predicted molar refractivity (Wildman–Crippen MR) is 116 cm³/mol. The van der Waals surface area contributed by atoms with Crippen LogP contribution in [0.15, 0.2) is 42.5 Å². The normalized spacial score (nSPS) is 12.2. The number of halogens is 3. The van der Waals surface area contributed by atoms with Gasteiger partial charge in [-0.1, -0.05) is 41.4 Å². The summed E-state index contributed by atoms with van der Waals surface area (Å²) in [5.74, 6) is -1.48. The molecule has 1 N–H and O–H groups in total. The summed E-state index contributed by atoms with van der Waals surface area (Å²) < 4.78 is 19.2. The van der Waals surface area contributed by atoms with E-state index in [1.165, 1.54) is 23.1 Å². The molecular weight excluding hydrogens is 430 g/mol. The second kappa shape index (κ2) is 10.1. The van der Waals surface area contributed by atoms with Gasteiger partial charge in [-0.05, 0) is 52.0 Å². The molecule has 0 aliphatic rings. The summed E-state index contributed by atoms with van der Waals surface area (Å²) in [5, 5.41) is 3.60. The topological polar surface area (TPSA) is 58.6 Å². The van der Waals surface area contributed by atoms with Crippen molar-refractivity contribution in [2.45, 2.75) is 45.8 Å². The predicted octanol–water partition coefficient (Wildman–Crippen LogP) is 4.84. The van der Waals surface area contributed by atoms with Gasteiger partial charge in [0.15, 0.2) is 18.2 Å². The quantitative estimate of drug-likeness (QED) is 0.650. The lowest BCUT2D eigenvalue weighted by Gasteiger charge is -2.31. The number of carbonyl (C=O) groups is 2. The van der Waals surface area contributed by atoms with Crippen LogP contribution in [0.5, 0.6) is 5.75 Å². The highest BCUT2D eigenvalue weighted by molar-refractivity contribution is 6.36. The number of amides is 2. The third-order valence-corrected chi connectivity index (χ3v) is 4.95. The average molecular weight is 455 g/mol. The zero-order chi connectivity index (χ0) is 22.5. The van der Waals surface area contributed by atoms with Gasteiger partial charge in [-0.25, -0.2) is 4.39 Å². The first-order chi connectivity index (χ1) is 14.0. The minimum Gasteiger partial charge on any atom is -0.481 e. The molecule has 0 aliphatic heterocycles. The van der Waals surface area contributed by atoms with Crippen LogP contribution in [0, 0.1) is 5.82 Å². The molecule has 2 aromatic rings. The number of rotatable bonds is 7. The zero-order valence-corrected chi connectivity index (χ0v) is 18.9. The highest BCUT2D eigenvalue weighted by Gasteiger charge is 2.29. The Labute approximate surface area is 186 Å². The summed E-state index contributed by atoms with van der Waals surface area (Å²) in [4.78, 5) is 27.0. The number of nitrogens with one attached hydrogen (secondary N) is 1. The number of hydrogen-bond acceptors (Lipinski definition) is 3. The molecular formula is C22H25Cl2FN2O3. The van der Waals surface area contributed by atoms with Crippen LogP contribution in [0.3, 0.4) is 0 Å². The SMILES string of the molecule is CC(C(=O)NC(C)(C)C)N(Cc1c(Cl)cccc1Cl)C(=O)COc1ccccc1F. The molecule has 8 heteroatoms. The molecule has 0 aliphatic carbocycles. The molecule has 30 heavy (non-hydrogen) atoms. The third kappa shape index (κ3) is 6.61. The number of para-hydroxylation sites is 1. The van der Waals surface area contributed by atoms with Crippen LogP contribution in [0.1, 0.15) is 33.3 Å². The lowest BCUT2D eigenvalue weighted by atomic mass is 10.1. The fourth-order valence-corrected chi connectivity index (χ4v) is 3.21. The van der Waals surface area contributed by atoms with Crippen LogP contribution in [0.2, 0.25) is 10.0 Å². The van der Waals surface area contributed by atoms with E-state index in [0.29, 0.717) is 15.6 Å². The van der Waals surface area contributed by atoms with Gasteiger partial charge < -0.3 is 15.0 Å². The molecule has 0 spiro atoms. The maximum absolute atomic E-state index is 13.8. The number of carbonyl (C=O) groups excluding carboxylic acids is 2. The summed E-state index contributed by atoms with van der Waals surface area (Å²) in [5.41, 5.74) is 0.0293. The molecule has 0 heterocycles. The Balaban J connectivity index is 2.26. The Morgan fingerprint density at radius 1 is 1.10 bits per heavy atom. The van der Waals surface area contributed by atoms with Gasteiger partial charge in [-0.2, -0.15) is 0 Å². The van der Waals surface area contributed by atoms with Crippen molar-refractivity contribution in [1.29, 1.82) is 0 Å². The van der Waals surface area contributed by atoms with E-state index in [9.17, 15) is 14.0 Å². The van der Waals surface area contributed by atoms with Crippen LogP contribution >= 0.6 is 23.2 Å². The number of benzene rings is 2. The van der Waals surface area contributed by atoms with Crippen LogP contribution in [-0.4, -0.2) is 34.9 Å². The lowest BCUT2D eigenvalue weighted by molar-refractivity contribution is -0.142. The van der Waals surface area contributed by atoms with Gasteiger partial charge >= 0.3 is 0 Å². The first-order valence-corrected chi connectivity index (χ1v) is 10.2. The van der Waals surface area contributed by atoms with Gasteiger partial charge in [-0.3, -0.25) is 9.59 Å².